The summed E-state index contributed by atoms with van der Waals surface area (Å²) in [6.07, 6.45) is 6.76. The van der Waals surface area contributed by atoms with Gasteiger partial charge in [-0.1, -0.05) is 24.3 Å². The molecular formula is C33H36N10O4. The van der Waals surface area contributed by atoms with E-state index >= 15 is 0 Å². The first-order valence-electron chi connectivity index (χ1n) is 15.4. The van der Waals surface area contributed by atoms with Gasteiger partial charge in [-0.3, -0.25) is 14.6 Å². The third-order valence-corrected chi connectivity index (χ3v) is 7.92. The standard InChI is InChI=1S/2C16H17N5O.CH2O2/c2*1-2-4-14-13(3-1)19-16(22-14)11-20-7-9-21(10-8-20)15-5-6-17-12-18-15;2-1-3/h2*1-6,12H,7-11H2;1H,(H,2,3). The maximum atomic E-state index is 8.36. The number of hydrogen-bond acceptors (Lipinski definition) is 13. The second-order valence-electron chi connectivity index (χ2n) is 10.9. The Morgan fingerprint density at radius 3 is 1.38 bits per heavy atom. The fourth-order valence-electron chi connectivity index (χ4n) is 5.57. The molecule has 0 bridgehead atoms. The van der Waals surface area contributed by atoms with Gasteiger partial charge < -0.3 is 23.7 Å². The van der Waals surface area contributed by atoms with Crippen LogP contribution in [0, 0.1) is 0 Å². The molecule has 6 heterocycles. The number of carbonyl (C=O) groups is 1. The average Bonchev–Trinajstić information content (AvgIpc) is 3.73. The van der Waals surface area contributed by atoms with Crippen LogP contribution >= 0.6 is 0 Å². The van der Waals surface area contributed by atoms with E-state index in [1.54, 1.807) is 25.0 Å². The van der Waals surface area contributed by atoms with Gasteiger partial charge >= 0.3 is 0 Å². The fraction of sp³-hybridized carbons (Fsp3) is 0.303. The third-order valence-electron chi connectivity index (χ3n) is 7.92. The van der Waals surface area contributed by atoms with Crippen molar-refractivity contribution in [2.75, 3.05) is 62.2 Å². The van der Waals surface area contributed by atoms with Crippen LogP contribution in [0.25, 0.3) is 22.2 Å². The molecular weight excluding hydrogens is 600 g/mol. The van der Waals surface area contributed by atoms with Crippen LogP contribution in [-0.4, -0.2) is 104 Å². The summed E-state index contributed by atoms with van der Waals surface area (Å²) in [6.45, 7) is 8.98. The molecule has 6 aromatic rings. The summed E-state index contributed by atoms with van der Waals surface area (Å²) in [5, 5.41) is 6.89. The van der Waals surface area contributed by atoms with E-state index in [0.29, 0.717) is 0 Å². The number of piperazine rings is 2. The molecule has 2 aliphatic rings. The predicted molar refractivity (Wildman–Crippen MR) is 176 cm³/mol. The van der Waals surface area contributed by atoms with Crippen molar-refractivity contribution in [3.8, 4) is 0 Å². The molecule has 8 rings (SSSR count). The number of aromatic nitrogens is 6. The van der Waals surface area contributed by atoms with E-state index < -0.39 is 0 Å². The van der Waals surface area contributed by atoms with Gasteiger partial charge in [0, 0.05) is 64.8 Å². The quantitative estimate of drug-likeness (QED) is 0.265. The van der Waals surface area contributed by atoms with Crippen molar-refractivity contribution in [2.45, 2.75) is 13.1 Å². The highest BCUT2D eigenvalue weighted by molar-refractivity contribution is 5.72. The largest absolute Gasteiger partial charge is 0.483 e. The molecule has 4 aromatic heterocycles. The molecule has 0 unspecified atom stereocenters. The number of para-hydroxylation sites is 4. The van der Waals surface area contributed by atoms with Gasteiger partial charge in [-0.05, 0) is 36.4 Å². The van der Waals surface area contributed by atoms with E-state index in [2.05, 4.69) is 49.5 Å². The summed E-state index contributed by atoms with van der Waals surface area (Å²) in [6, 6.07) is 19.7. The van der Waals surface area contributed by atoms with Gasteiger partial charge in [-0.15, -0.1) is 0 Å². The molecule has 242 valence electrons. The van der Waals surface area contributed by atoms with Gasteiger partial charge in [-0.2, -0.15) is 0 Å². The highest BCUT2D eigenvalue weighted by Gasteiger charge is 2.21. The topological polar surface area (TPSA) is 154 Å². The first-order chi connectivity index (χ1) is 23.2. The minimum absolute atomic E-state index is 0.250. The molecule has 2 aliphatic heterocycles. The number of fused-ring (bicyclic) bond motifs is 2. The minimum atomic E-state index is -0.250. The van der Waals surface area contributed by atoms with E-state index in [1.165, 1.54) is 0 Å². The lowest BCUT2D eigenvalue weighted by atomic mass is 10.3. The molecule has 2 aromatic carbocycles. The monoisotopic (exact) mass is 636 g/mol. The molecule has 47 heavy (non-hydrogen) atoms. The molecule has 0 radical (unpaired) electrons. The lowest BCUT2D eigenvalue weighted by Gasteiger charge is -2.34. The highest BCUT2D eigenvalue weighted by Crippen LogP contribution is 2.19. The summed E-state index contributed by atoms with van der Waals surface area (Å²) >= 11 is 0. The van der Waals surface area contributed by atoms with Crippen molar-refractivity contribution in [2.24, 2.45) is 0 Å². The smallest absolute Gasteiger partial charge is 0.290 e. The lowest BCUT2D eigenvalue weighted by molar-refractivity contribution is -0.122. The van der Waals surface area contributed by atoms with Crippen LogP contribution in [0.15, 0.2) is 94.5 Å². The molecule has 0 atom stereocenters. The van der Waals surface area contributed by atoms with Crippen molar-refractivity contribution in [3.05, 3.63) is 97.5 Å². The van der Waals surface area contributed by atoms with Crippen molar-refractivity contribution in [3.63, 3.8) is 0 Å². The van der Waals surface area contributed by atoms with Gasteiger partial charge in [0.1, 0.15) is 35.3 Å². The van der Waals surface area contributed by atoms with Crippen LogP contribution in [0.1, 0.15) is 11.8 Å². The van der Waals surface area contributed by atoms with Crippen LogP contribution in [0.5, 0.6) is 0 Å². The number of hydrogen-bond donors (Lipinski definition) is 1. The normalized spacial score (nSPS) is 15.5. The number of rotatable bonds is 6. The second kappa shape index (κ2) is 15.7. The summed E-state index contributed by atoms with van der Waals surface area (Å²) in [5.41, 5.74) is 3.57. The van der Waals surface area contributed by atoms with Gasteiger partial charge in [0.2, 0.25) is 11.8 Å². The van der Waals surface area contributed by atoms with Gasteiger partial charge in [-0.25, -0.2) is 29.9 Å². The van der Waals surface area contributed by atoms with Crippen molar-refractivity contribution < 1.29 is 18.7 Å². The second-order valence-corrected chi connectivity index (χ2v) is 10.9. The molecule has 2 saturated heterocycles. The first-order valence-corrected chi connectivity index (χ1v) is 15.4. The third kappa shape index (κ3) is 8.42. The van der Waals surface area contributed by atoms with Crippen LogP contribution in [0.3, 0.4) is 0 Å². The maximum absolute atomic E-state index is 8.36. The molecule has 0 saturated carbocycles. The SMILES string of the molecule is O=CO.c1ccc2oc(CN3CCN(c4ccncn4)CC3)nc2c1.c1ccc2oc(CN3CCN(c4ccncn4)CC3)nc2c1. The molecule has 14 heteroatoms. The summed E-state index contributed by atoms with van der Waals surface area (Å²) in [5.74, 6) is 3.57. The number of nitrogens with zero attached hydrogens (tertiary/aromatic N) is 10. The van der Waals surface area contributed by atoms with Crippen molar-refractivity contribution in [1.82, 2.24) is 39.7 Å². The molecule has 2 fully saturated rings. The number of benzene rings is 2. The number of carboxylic acid groups (broad SMARTS) is 1. The van der Waals surface area contributed by atoms with Crippen LogP contribution < -0.4 is 9.80 Å². The van der Waals surface area contributed by atoms with E-state index in [1.807, 2.05) is 60.7 Å². The minimum Gasteiger partial charge on any atom is -0.483 e. The van der Waals surface area contributed by atoms with Gasteiger partial charge in [0.25, 0.3) is 6.47 Å². The van der Waals surface area contributed by atoms with E-state index in [0.717, 1.165) is 111 Å². The molecule has 14 nitrogen and oxygen atoms in total. The Hall–Kier alpha value is -5.47. The molecule has 0 spiro atoms. The predicted octanol–water partition coefficient (Wildman–Crippen LogP) is 3.58. The number of oxazole rings is 2. The summed E-state index contributed by atoms with van der Waals surface area (Å²) in [4.78, 5) is 43.3. The maximum Gasteiger partial charge on any atom is 0.290 e. The van der Waals surface area contributed by atoms with Gasteiger partial charge in [0.15, 0.2) is 11.2 Å². The van der Waals surface area contributed by atoms with Crippen LogP contribution in [0.4, 0.5) is 11.6 Å². The Kier molecular flexibility index (Phi) is 10.5. The number of anilines is 2. The molecule has 0 aliphatic carbocycles. The Labute approximate surface area is 271 Å². The fourth-order valence-corrected chi connectivity index (χ4v) is 5.57. The lowest BCUT2D eigenvalue weighted by Crippen LogP contribution is -2.46. The zero-order valence-corrected chi connectivity index (χ0v) is 25.9. The highest BCUT2D eigenvalue weighted by atomic mass is 16.4. The average molecular weight is 637 g/mol. The molecule has 1 N–H and O–H groups in total. The van der Waals surface area contributed by atoms with E-state index in [-0.39, 0.29) is 6.47 Å². The van der Waals surface area contributed by atoms with E-state index in [9.17, 15) is 0 Å². The van der Waals surface area contributed by atoms with Gasteiger partial charge in [0.05, 0.1) is 13.1 Å². The first kappa shape index (κ1) is 31.5. The van der Waals surface area contributed by atoms with Crippen LogP contribution in [-0.2, 0) is 17.9 Å². The zero-order valence-electron chi connectivity index (χ0n) is 25.9. The Bertz CT molecular complexity index is 1620. The summed E-state index contributed by atoms with van der Waals surface area (Å²) in [7, 11) is 0. The van der Waals surface area contributed by atoms with Crippen molar-refractivity contribution in [1.29, 1.82) is 0 Å². The Balaban J connectivity index is 0.000000152. The Morgan fingerprint density at radius 2 is 1.02 bits per heavy atom. The summed E-state index contributed by atoms with van der Waals surface area (Å²) < 4.78 is 11.6. The Morgan fingerprint density at radius 1 is 0.617 bits per heavy atom. The van der Waals surface area contributed by atoms with Crippen LogP contribution in [0.2, 0.25) is 0 Å². The van der Waals surface area contributed by atoms with E-state index in [4.69, 9.17) is 18.7 Å². The van der Waals surface area contributed by atoms with Crippen molar-refractivity contribution >= 4 is 40.3 Å². The zero-order chi connectivity index (χ0) is 32.3. The molecule has 0 amide bonds.